The maximum Gasteiger partial charge on any atom is 0.0962 e. The van der Waals surface area contributed by atoms with Crippen molar-refractivity contribution in [1.29, 1.82) is 0 Å². The van der Waals surface area contributed by atoms with Gasteiger partial charge in [-0.2, -0.15) is 0 Å². The molecular formula is C15H23NS. The Morgan fingerprint density at radius 2 is 2.06 bits per heavy atom. The molecule has 0 aromatic carbocycles. The van der Waals surface area contributed by atoms with E-state index in [1.807, 2.05) is 11.3 Å². The molecule has 1 heterocycles. The molecule has 2 rings (SSSR count). The van der Waals surface area contributed by atoms with Crippen molar-refractivity contribution in [3.63, 3.8) is 0 Å². The number of fused-ring (bicyclic) bond motifs is 1. The van der Waals surface area contributed by atoms with E-state index in [2.05, 4.69) is 25.7 Å². The SMILES string of the molecule is C=C(CCC)Nc1sc2c(c1CC)CCCC2. The van der Waals surface area contributed by atoms with Gasteiger partial charge in [0.2, 0.25) is 0 Å². The van der Waals surface area contributed by atoms with Crippen molar-refractivity contribution in [3.8, 4) is 0 Å². The zero-order valence-electron chi connectivity index (χ0n) is 11.1. The molecule has 0 atom stereocenters. The van der Waals surface area contributed by atoms with Gasteiger partial charge in [0.25, 0.3) is 0 Å². The van der Waals surface area contributed by atoms with Crippen LogP contribution in [0.4, 0.5) is 5.00 Å². The van der Waals surface area contributed by atoms with Gasteiger partial charge in [-0.1, -0.05) is 26.8 Å². The van der Waals surface area contributed by atoms with Gasteiger partial charge in [0.1, 0.15) is 0 Å². The predicted octanol–water partition coefficient (Wildman–Crippen LogP) is 4.92. The molecule has 0 aliphatic heterocycles. The lowest BCUT2D eigenvalue weighted by Gasteiger charge is -2.12. The molecule has 0 saturated carbocycles. The lowest BCUT2D eigenvalue weighted by molar-refractivity contribution is 0.691. The fraction of sp³-hybridized carbons (Fsp3) is 0.600. The van der Waals surface area contributed by atoms with Crippen LogP contribution < -0.4 is 5.32 Å². The van der Waals surface area contributed by atoms with Crippen LogP contribution in [0.2, 0.25) is 0 Å². The minimum absolute atomic E-state index is 1.08. The van der Waals surface area contributed by atoms with Crippen LogP contribution in [0.15, 0.2) is 12.3 Å². The maximum atomic E-state index is 4.12. The van der Waals surface area contributed by atoms with Crippen LogP contribution in [0.5, 0.6) is 0 Å². The lowest BCUT2D eigenvalue weighted by Crippen LogP contribution is -2.02. The van der Waals surface area contributed by atoms with Crippen molar-refractivity contribution < 1.29 is 0 Å². The summed E-state index contributed by atoms with van der Waals surface area (Å²) < 4.78 is 0. The highest BCUT2D eigenvalue weighted by Crippen LogP contribution is 2.39. The quantitative estimate of drug-likeness (QED) is 0.781. The predicted molar refractivity (Wildman–Crippen MR) is 78.0 cm³/mol. The van der Waals surface area contributed by atoms with E-state index < -0.39 is 0 Å². The molecule has 0 fully saturated rings. The first-order valence-corrected chi connectivity index (χ1v) is 7.66. The molecule has 0 amide bonds. The minimum atomic E-state index is 1.08. The number of aryl methyl sites for hydroxylation is 1. The molecule has 1 aliphatic rings. The van der Waals surface area contributed by atoms with Gasteiger partial charge in [0, 0.05) is 10.6 Å². The van der Waals surface area contributed by atoms with Crippen molar-refractivity contribution in [2.45, 2.75) is 58.8 Å². The van der Waals surface area contributed by atoms with Crippen molar-refractivity contribution in [1.82, 2.24) is 0 Å². The van der Waals surface area contributed by atoms with Crippen LogP contribution in [-0.2, 0) is 19.3 Å². The Morgan fingerprint density at radius 3 is 2.76 bits per heavy atom. The van der Waals surface area contributed by atoms with Crippen molar-refractivity contribution in [2.24, 2.45) is 0 Å². The van der Waals surface area contributed by atoms with Gasteiger partial charge in [-0.3, -0.25) is 0 Å². The first-order valence-electron chi connectivity index (χ1n) is 6.84. The maximum absolute atomic E-state index is 4.12. The average Bonchev–Trinajstić information content (AvgIpc) is 2.66. The number of thiophene rings is 1. The van der Waals surface area contributed by atoms with Crippen molar-refractivity contribution in [3.05, 3.63) is 28.3 Å². The number of anilines is 1. The molecule has 1 N–H and O–H groups in total. The molecule has 1 aliphatic carbocycles. The molecule has 0 spiro atoms. The standard InChI is InChI=1S/C15H23NS/c1-4-8-11(3)16-15-12(5-2)13-9-6-7-10-14(13)17-15/h16H,3-10H2,1-2H3. The van der Waals surface area contributed by atoms with Crippen LogP contribution >= 0.6 is 11.3 Å². The summed E-state index contributed by atoms with van der Waals surface area (Å²) in [5.41, 5.74) is 4.37. The highest BCUT2D eigenvalue weighted by molar-refractivity contribution is 7.16. The Labute approximate surface area is 109 Å². The average molecular weight is 249 g/mol. The molecule has 1 nitrogen and oxygen atoms in total. The number of allylic oxidation sites excluding steroid dienone is 1. The second-order valence-electron chi connectivity index (χ2n) is 4.85. The van der Waals surface area contributed by atoms with E-state index in [0.717, 1.165) is 12.8 Å². The molecular weight excluding hydrogens is 226 g/mol. The van der Waals surface area contributed by atoms with Crippen molar-refractivity contribution in [2.75, 3.05) is 5.32 Å². The number of hydrogen-bond acceptors (Lipinski definition) is 2. The summed E-state index contributed by atoms with van der Waals surface area (Å²) in [7, 11) is 0. The lowest BCUT2D eigenvalue weighted by atomic mass is 9.94. The normalized spacial score (nSPS) is 14.5. The van der Waals surface area contributed by atoms with Crippen LogP contribution in [0.25, 0.3) is 0 Å². The highest BCUT2D eigenvalue weighted by Gasteiger charge is 2.19. The first-order chi connectivity index (χ1) is 8.26. The zero-order chi connectivity index (χ0) is 12.3. The molecule has 94 valence electrons. The van der Waals surface area contributed by atoms with Crippen LogP contribution in [-0.4, -0.2) is 0 Å². The summed E-state index contributed by atoms with van der Waals surface area (Å²) in [5, 5.41) is 4.92. The van der Waals surface area contributed by atoms with E-state index in [4.69, 9.17) is 0 Å². The molecule has 0 bridgehead atoms. The highest BCUT2D eigenvalue weighted by atomic mass is 32.1. The Balaban J connectivity index is 2.21. The molecule has 0 unspecified atom stereocenters. The second kappa shape index (κ2) is 5.72. The summed E-state index contributed by atoms with van der Waals surface area (Å²) >= 11 is 1.97. The van der Waals surface area contributed by atoms with E-state index in [-0.39, 0.29) is 0 Å². The van der Waals surface area contributed by atoms with Gasteiger partial charge >= 0.3 is 0 Å². The van der Waals surface area contributed by atoms with Crippen molar-refractivity contribution >= 4 is 16.3 Å². The largest absolute Gasteiger partial charge is 0.351 e. The van der Waals surface area contributed by atoms with Gasteiger partial charge in [0.15, 0.2) is 0 Å². The molecule has 1 aromatic heterocycles. The van der Waals surface area contributed by atoms with E-state index in [0.29, 0.717) is 0 Å². The summed E-state index contributed by atoms with van der Waals surface area (Å²) in [6.45, 7) is 8.59. The molecule has 0 radical (unpaired) electrons. The van der Waals surface area contributed by atoms with Gasteiger partial charge in [0.05, 0.1) is 5.00 Å². The van der Waals surface area contributed by atoms with Gasteiger partial charge in [-0.05, 0) is 49.7 Å². The van der Waals surface area contributed by atoms with Crippen LogP contribution in [0.3, 0.4) is 0 Å². The summed E-state index contributed by atoms with van der Waals surface area (Å²) in [4.78, 5) is 1.62. The third kappa shape index (κ3) is 2.74. The number of rotatable bonds is 5. The van der Waals surface area contributed by atoms with E-state index in [9.17, 15) is 0 Å². The summed E-state index contributed by atoms with van der Waals surface area (Å²) in [5.74, 6) is 0. The second-order valence-corrected chi connectivity index (χ2v) is 5.96. The zero-order valence-corrected chi connectivity index (χ0v) is 11.9. The monoisotopic (exact) mass is 249 g/mol. The number of nitrogens with one attached hydrogen (secondary N) is 1. The topological polar surface area (TPSA) is 12.0 Å². The first kappa shape index (κ1) is 12.7. The molecule has 2 heteroatoms. The molecule has 17 heavy (non-hydrogen) atoms. The van der Waals surface area contributed by atoms with Crippen LogP contribution in [0, 0.1) is 0 Å². The van der Waals surface area contributed by atoms with E-state index in [1.54, 1.807) is 16.0 Å². The molecule has 0 saturated heterocycles. The Hall–Kier alpha value is -0.760. The molecule has 1 aromatic rings. The summed E-state index contributed by atoms with van der Waals surface area (Å²) in [6, 6.07) is 0. The Morgan fingerprint density at radius 1 is 1.29 bits per heavy atom. The van der Waals surface area contributed by atoms with E-state index in [1.165, 1.54) is 42.8 Å². The fourth-order valence-corrected chi connectivity index (χ4v) is 4.06. The Bertz CT molecular complexity index is 403. The Kier molecular flexibility index (Phi) is 4.27. The van der Waals surface area contributed by atoms with Gasteiger partial charge in [-0.25, -0.2) is 0 Å². The van der Waals surface area contributed by atoms with Crippen LogP contribution in [0.1, 0.15) is 55.5 Å². The minimum Gasteiger partial charge on any atom is -0.351 e. The smallest absolute Gasteiger partial charge is 0.0962 e. The third-order valence-corrected chi connectivity index (χ3v) is 4.73. The van der Waals surface area contributed by atoms with Gasteiger partial charge < -0.3 is 5.32 Å². The third-order valence-electron chi connectivity index (χ3n) is 3.48. The fourth-order valence-electron chi connectivity index (χ4n) is 2.63. The van der Waals surface area contributed by atoms with Gasteiger partial charge in [-0.15, -0.1) is 11.3 Å². The number of hydrogen-bond donors (Lipinski definition) is 1. The summed E-state index contributed by atoms with van der Waals surface area (Å²) in [6.07, 6.45) is 8.70. The van der Waals surface area contributed by atoms with E-state index >= 15 is 0 Å².